The zero-order valence-corrected chi connectivity index (χ0v) is 15.7. The van der Waals surface area contributed by atoms with Gasteiger partial charge < -0.3 is 10.1 Å². The van der Waals surface area contributed by atoms with Crippen molar-refractivity contribution in [3.63, 3.8) is 0 Å². The number of rotatable bonds is 0. The summed E-state index contributed by atoms with van der Waals surface area (Å²) in [6.07, 6.45) is 10.7. The van der Waals surface area contributed by atoms with Crippen LogP contribution in [0.15, 0.2) is 23.8 Å². The molecule has 1 N–H and O–H groups in total. The van der Waals surface area contributed by atoms with E-state index in [4.69, 9.17) is 10.1 Å². The first kappa shape index (κ1) is 15.7. The molecule has 6 rings (SSSR count). The average molecular weight is 351 g/mol. The van der Waals surface area contributed by atoms with Gasteiger partial charge in [-0.25, -0.2) is 0 Å². The highest BCUT2D eigenvalue weighted by Crippen LogP contribution is 2.78. The van der Waals surface area contributed by atoms with Crippen LogP contribution in [0.2, 0.25) is 0 Å². The van der Waals surface area contributed by atoms with Crippen LogP contribution in [0, 0.1) is 46.3 Å². The van der Waals surface area contributed by atoms with Gasteiger partial charge in [0.2, 0.25) is 0 Å². The molecule has 0 amide bonds. The van der Waals surface area contributed by atoms with Gasteiger partial charge in [0.15, 0.2) is 0 Å². The minimum Gasteiger partial charge on any atom is -0.458 e. The van der Waals surface area contributed by atoms with Crippen LogP contribution in [0.4, 0.5) is 0 Å². The highest BCUT2D eigenvalue weighted by atomic mass is 16.6. The number of ether oxygens (including phenoxy) is 1. The molecule has 1 heterocycles. The second kappa shape index (κ2) is 4.72. The van der Waals surface area contributed by atoms with E-state index in [1.165, 1.54) is 30.4 Å². The molecular formula is C23H29NO2. The second-order valence-electron chi connectivity index (χ2n) is 10.3. The Hall–Kier alpha value is -1.38. The van der Waals surface area contributed by atoms with Crippen molar-refractivity contribution in [2.24, 2.45) is 40.9 Å². The fourth-order valence-corrected chi connectivity index (χ4v) is 8.52. The van der Waals surface area contributed by atoms with Gasteiger partial charge in [0.25, 0.3) is 0 Å². The number of hydrogen-bond donors (Lipinski definition) is 1. The smallest absolute Gasteiger partial charge is 0.306 e. The maximum absolute atomic E-state index is 12.1. The van der Waals surface area contributed by atoms with Crippen LogP contribution in [0.3, 0.4) is 0 Å². The molecule has 1 spiro atoms. The van der Waals surface area contributed by atoms with Crippen molar-refractivity contribution in [1.29, 1.82) is 5.41 Å². The summed E-state index contributed by atoms with van der Waals surface area (Å²) in [5.41, 5.74) is 3.52. The summed E-state index contributed by atoms with van der Waals surface area (Å²) in [5, 5.41) is 8.08. The zero-order chi connectivity index (χ0) is 17.8. The molecule has 4 saturated carbocycles. The summed E-state index contributed by atoms with van der Waals surface area (Å²) in [7, 11) is 0. The molecule has 5 unspecified atom stereocenters. The second-order valence-corrected chi connectivity index (χ2v) is 10.3. The number of carbonyl (C=O) groups excluding carboxylic acids is 1. The number of fused-ring (bicyclic) bond motifs is 9. The van der Waals surface area contributed by atoms with Gasteiger partial charge in [-0.15, -0.1) is 0 Å². The van der Waals surface area contributed by atoms with E-state index in [-0.39, 0.29) is 17.0 Å². The van der Waals surface area contributed by atoms with Gasteiger partial charge >= 0.3 is 5.97 Å². The Morgan fingerprint density at radius 2 is 2.04 bits per heavy atom. The van der Waals surface area contributed by atoms with Crippen molar-refractivity contribution < 1.29 is 9.53 Å². The molecule has 0 aromatic rings. The van der Waals surface area contributed by atoms with Gasteiger partial charge in [0.1, 0.15) is 5.60 Å². The normalized spacial score (nSPS) is 54.2. The van der Waals surface area contributed by atoms with E-state index in [0.717, 1.165) is 43.2 Å². The molecule has 0 aromatic carbocycles. The largest absolute Gasteiger partial charge is 0.458 e. The van der Waals surface area contributed by atoms with Crippen molar-refractivity contribution >= 4 is 11.7 Å². The standard InChI is InChI=1S/C23H29NO2/c1-12-9-17-15(14-4-3-13(24)10-16(12)14)5-7-22(2)21(17)18-11-19(18)23(22)8-6-20(25)26-23/h10,14-15,17-19,21,24H,1,3-9,11H2,2H3/t14-,15?,17?,18?,19?,21?,22+,23+/m1/s1. The highest BCUT2D eigenvalue weighted by Gasteiger charge is 2.78. The van der Waals surface area contributed by atoms with Crippen molar-refractivity contribution in [3.05, 3.63) is 23.8 Å². The quantitative estimate of drug-likeness (QED) is 0.644. The van der Waals surface area contributed by atoms with Crippen LogP contribution in [-0.2, 0) is 9.53 Å². The molecule has 26 heavy (non-hydrogen) atoms. The Labute approximate surface area is 155 Å². The van der Waals surface area contributed by atoms with Gasteiger partial charge in [-0.1, -0.05) is 19.1 Å². The molecule has 8 atom stereocenters. The summed E-state index contributed by atoms with van der Waals surface area (Å²) in [6, 6.07) is 0. The van der Waals surface area contributed by atoms with Gasteiger partial charge in [0.05, 0.1) is 0 Å². The fraction of sp³-hybridized carbons (Fsp3) is 0.739. The number of esters is 1. The van der Waals surface area contributed by atoms with Gasteiger partial charge in [-0.05, 0) is 86.2 Å². The highest BCUT2D eigenvalue weighted by molar-refractivity contribution is 5.94. The third-order valence-electron chi connectivity index (χ3n) is 9.47. The molecule has 1 aliphatic heterocycles. The van der Waals surface area contributed by atoms with Crippen LogP contribution in [0.1, 0.15) is 58.3 Å². The van der Waals surface area contributed by atoms with Crippen LogP contribution >= 0.6 is 0 Å². The predicted molar refractivity (Wildman–Crippen MR) is 99.8 cm³/mol. The maximum atomic E-state index is 12.1. The van der Waals surface area contributed by atoms with Gasteiger partial charge in [-0.3, -0.25) is 4.79 Å². The first-order chi connectivity index (χ1) is 12.4. The van der Waals surface area contributed by atoms with E-state index in [1.54, 1.807) is 0 Å². The lowest BCUT2D eigenvalue weighted by atomic mass is 9.48. The van der Waals surface area contributed by atoms with E-state index < -0.39 is 0 Å². The third-order valence-corrected chi connectivity index (χ3v) is 9.47. The van der Waals surface area contributed by atoms with E-state index in [2.05, 4.69) is 19.6 Å². The molecule has 3 heteroatoms. The average Bonchev–Trinajstić information content (AvgIpc) is 3.24. The van der Waals surface area contributed by atoms with E-state index in [1.807, 2.05) is 0 Å². The molecule has 138 valence electrons. The van der Waals surface area contributed by atoms with Crippen molar-refractivity contribution in [2.75, 3.05) is 0 Å². The number of hydrogen-bond acceptors (Lipinski definition) is 3. The molecule has 0 radical (unpaired) electrons. The Bertz CT molecular complexity index is 781. The van der Waals surface area contributed by atoms with Gasteiger partial charge in [0, 0.05) is 23.5 Å². The Balaban J connectivity index is 1.40. The van der Waals surface area contributed by atoms with Crippen LogP contribution in [-0.4, -0.2) is 17.3 Å². The summed E-state index contributed by atoms with van der Waals surface area (Å²) >= 11 is 0. The SMILES string of the molecule is C=C1CC2C(CC[C@@]3(C)C2C2CC2[C@@]32CCC(=O)O2)[C@H]2CCC(=N)C=C12. The monoisotopic (exact) mass is 351 g/mol. The Morgan fingerprint density at radius 1 is 1.19 bits per heavy atom. The lowest BCUT2D eigenvalue weighted by molar-refractivity contribution is -0.173. The number of carbonyl (C=O) groups is 1. The minimum atomic E-state index is -0.142. The van der Waals surface area contributed by atoms with Crippen molar-refractivity contribution in [3.8, 4) is 0 Å². The molecular weight excluding hydrogens is 322 g/mol. The summed E-state index contributed by atoms with van der Waals surface area (Å²) in [6.45, 7) is 6.91. The number of allylic oxidation sites excluding steroid dienone is 3. The van der Waals surface area contributed by atoms with Crippen molar-refractivity contribution in [1.82, 2.24) is 0 Å². The predicted octanol–water partition coefficient (Wildman–Crippen LogP) is 4.68. The number of nitrogens with one attached hydrogen (secondary N) is 1. The van der Waals surface area contributed by atoms with Crippen LogP contribution < -0.4 is 0 Å². The molecule has 1 saturated heterocycles. The Morgan fingerprint density at radius 3 is 2.81 bits per heavy atom. The molecule has 0 aromatic heterocycles. The van der Waals surface area contributed by atoms with Crippen molar-refractivity contribution in [2.45, 2.75) is 63.9 Å². The summed E-state index contributed by atoms with van der Waals surface area (Å²) in [5.74, 6) is 4.25. The van der Waals surface area contributed by atoms with E-state index in [9.17, 15) is 4.79 Å². The van der Waals surface area contributed by atoms with E-state index in [0.29, 0.717) is 30.1 Å². The summed E-state index contributed by atoms with van der Waals surface area (Å²) < 4.78 is 6.16. The molecule has 0 bridgehead atoms. The maximum Gasteiger partial charge on any atom is 0.306 e. The fourth-order valence-electron chi connectivity index (χ4n) is 8.52. The van der Waals surface area contributed by atoms with E-state index >= 15 is 0 Å². The minimum absolute atomic E-state index is 0.0451. The van der Waals surface area contributed by atoms with Crippen LogP contribution in [0.5, 0.6) is 0 Å². The molecule has 5 fully saturated rings. The molecule has 3 nitrogen and oxygen atoms in total. The topological polar surface area (TPSA) is 50.2 Å². The molecule has 6 aliphatic rings. The Kier molecular flexibility index (Phi) is 2.84. The van der Waals surface area contributed by atoms with Gasteiger partial charge in [-0.2, -0.15) is 0 Å². The van der Waals surface area contributed by atoms with Crippen LogP contribution in [0.25, 0.3) is 0 Å². The lowest BCUT2D eigenvalue weighted by Gasteiger charge is -2.57. The first-order valence-electron chi connectivity index (χ1n) is 10.6. The zero-order valence-electron chi connectivity index (χ0n) is 15.7. The lowest BCUT2D eigenvalue weighted by Crippen LogP contribution is -2.55. The molecule has 5 aliphatic carbocycles. The first-order valence-corrected chi connectivity index (χ1v) is 10.6. The summed E-state index contributed by atoms with van der Waals surface area (Å²) in [4.78, 5) is 12.1. The third kappa shape index (κ3) is 1.67.